The normalized spacial score (nSPS) is 10.2. The Morgan fingerprint density at radius 2 is 1.83 bits per heavy atom. The number of fused-ring (bicyclic) bond motifs is 1. The van der Waals surface area contributed by atoms with Gasteiger partial charge in [0.15, 0.2) is 6.29 Å². The second-order valence-corrected chi connectivity index (χ2v) is 5.17. The fourth-order valence-corrected chi connectivity index (χ4v) is 2.64. The molecule has 0 aliphatic carbocycles. The second-order valence-electron chi connectivity index (χ2n) is 5.17. The summed E-state index contributed by atoms with van der Waals surface area (Å²) in [5.74, 6) is 2.06. The van der Waals surface area contributed by atoms with Crippen molar-refractivity contribution in [3.8, 4) is 23.5 Å². The van der Waals surface area contributed by atoms with Gasteiger partial charge in [0, 0.05) is 16.7 Å². The standard InChI is InChI=1S/C20H13NO2/c1-2-13-6-7-16-10-15(8-9-18(16)19(13)12-22)14-4-3-5-17(11-14)20(21)23/h1,3-12H,(H2,21,23). The van der Waals surface area contributed by atoms with Gasteiger partial charge in [-0.3, -0.25) is 9.59 Å². The average molecular weight is 299 g/mol. The summed E-state index contributed by atoms with van der Waals surface area (Å²) in [6, 6.07) is 16.5. The van der Waals surface area contributed by atoms with E-state index in [0.717, 1.165) is 28.2 Å². The highest BCUT2D eigenvalue weighted by molar-refractivity contribution is 6.02. The van der Waals surface area contributed by atoms with E-state index in [-0.39, 0.29) is 0 Å². The lowest BCUT2D eigenvalue weighted by atomic mass is 9.95. The lowest BCUT2D eigenvalue weighted by molar-refractivity contribution is 0.1000. The Balaban J connectivity index is 2.18. The molecule has 23 heavy (non-hydrogen) atoms. The van der Waals surface area contributed by atoms with E-state index in [9.17, 15) is 9.59 Å². The number of aldehydes is 1. The summed E-state index contributed by atoms with van der Waals surface area (Å²) in [5.41, 5.74) is 8.70. The Hall–Kier alpha value is -3.38. The van der Waals surface area contributed by atoms with E-state index in [0.29, 0.717) is 16.7 Å². The molecule has 110 valence electrons. The van der Waals surface area contributed by atoms with E-state index in [2.05, 4.69) is 5.92 Å². The van der Waals surface area contributed by atoms with Crippen LogP contribution in [0.2, 0.25) is 0 Å². The minimum atomic E-state index is -0.463. The first-order chi connectivity index (χ1) is 11.1. The molecule has 3 aromatic rings. The molecule has 2 N–H and O–H groups in total. The molecule has 0 fully saturated rings. The van der Waals surface area contributed by atoms with Crippen LogP contribution in [0.5, 0.6) is 0 Å². The third-order valence-electron chi connectivity index (χ3n) is 3.82. The quantitative estimate of drug-likeness (QED) is 0.595. The zero-order valence-corrected chi connectivity index (χ0v) is 12.2. The zero-order valence-electron chi connectivity index (χ0n) is 12.2. The predicted molar refractivity (Wildman–Crippen MR) is 91.2 cm³/mol. The molecule has 0 heterocycles. The number of rotatable bonds is 3. The summed E-state index contributed by atoms with van der Waals surface area (Å²) in [6.07, 6.45) is 6.21. The van der Waals surface area contributed by atoms with Crippen LogP contribution < -0.4 is 5.73 Å². The van der Waals surface area contributed by atoms with Crippen molar-refractivity contribution in [2.24, 2.45) is 5.73 Å². The van der Waals surface area contributed by atoms with Gasteiger partial charge in [0.25, 0.3) is 0 Å². The summed E-state index contributed by atoms with van der Waals surface area (Å²) in [5, 5.41) is 1.72. The van der Waals surface area contributed by atoms with E-state index < -0.39 is 5.91 Å². The van der Waals surface area contributed by atoms with Crippen molar-refractivity contribution in [2.45, 2.75) is 0 Å². The minimum Gasteiger partial charge on any atom is -0.366 e. The molecule has 3 heteroatoms. The molecule has 0 saturated heterocycles. The van der Waals surface area contributed by atoms with Crippen molar-refractivity contribution in [1.82, 2.24) is 0 Å². The lowest BCUT2D eigenvalue weighted by Gasteiger charge is -2.08. The Bertz CT molecular complexity index is 981. The van der Waals surface area contributed by atoms with E-state index in [1.54, 1.807) is 24.3 Å². The van der Waals surface area contributed by atoms with Crippen LogP contribution >= 0.6 is 0 Å². The molecule has 3 aromatic carbocycles. The fourth-order valence-electron chi connectivity index (χ4n) is 2.64. The maximum absolute atomic E-state index is 11.3. The summed E-state index contributed by atoms with van der Waals surface area (Å²) >= 11 is 0. The van der Waals surface area contributed by atoms with Crippen LogP contribution in [0.25, 0.3) is 21.9 Å². The summed E-state index contributed by atoms with van der Waals surface area (Å²) < 4.78 is 0. The Labute approximate surface area is 133 Å². The Morgan fingerprint density at radius 1 is 1.04 bits per heavy atom. The molecule has 0 radical (unpaired) electrons. The van der Waals surface area contributed by atoms with E-state index in [4.69, 9.17) is 12.2 Å². The molecule has 0 atom stereocenters. The molecule has 1 amide bonds. The van der Waals surface area contributed by atoms with Gasteiger partial charge in [-0.1, -0.05) is 36.3 Å². The average Bonchev–Trinajstić information content (AvgIpc) is 2.60. The number of benzene rings is 3. The molecule has 3 nitrogen and oxygen atoms in total. The van der Waals surface area contributed by atoms with Crippen molar-refractivity contribution in [3.05, 3.63) is 71.3 Å². The highest BCUT2D eigenvalue weighted by Gasteiger charge is 2.08. The molecule has 0 saturated carbocycles. The van der Waals surface area contributed by atoms with E-state index in [1.165, 1.54) is 0 Å². The molecule has 0 unspecified atom stereocenters. The summed E-state index contributed by atoms with van der Waals surface area (Å²) in [7, 11) is 0. The number of amides is 1. The SMILES string of the molecule is C#Cc1ccc2cc(-c3cccc(C(N)=O)c3)ccc2c1C=O. The van der Waals surface area contributed by atoms with Gasteiger partial charge in [0.05, 0.1) is 0 Å². The maximum atomic E-state index is 11.3. The van der Waals surface area contributed by atoms with Gasteiger partial charge in [-0.2, -0.15) is 0 Å². The number of carbonyl (C=O) groups excluding carboxylic acids is 2. The number of nitrogens with two attached hydrogens (primary N) is 1. The first kappa shape index (κ1) is 14.6. The van der Waals surface area contributed by atoms with E-state index >= 15 is 0 Å². The second kappa shape index (κ2) is 5.78. The van der Waals surface area contributed by atoms with Gasteiger partial charge < -0.3 is 5.73 Å². The summed E-state index contributed by atoms with van der Waals surface area (Å²) in [4.78, 5) is 22.6. The first-order valence-electron chi connectivity index (χ1n) is 7.03. The predicted octanol–water partition coefficient (Wildman–Crippen LogP) is 3.40. The van der Waals surface area contributed by atoms with Crippen molar-refractivity contribution in [1.29, 1.82) is 0 Å². The van der Waals surface area contributed by atoms with Crippen LogP contribution in [0.3, 0.4) is 0 Å². The fraction of sp³-hybridized carbons (Fsp3) is 0. The maximum Gasteiger partial charge on any atom is 0.248 e. The molecule has 0 aliphatic rings. The largest absolute Gasteiger partial charge is 0.366 e. The molecular weight excluding hydrogens is 286 g/mol. The molecular formula is C20H13NO2. The minimum absolute atomic E-state index is 0.457. The van der Waals surface area contributed by atoms with Gasteiger partial charge >= 0.3 is 0 Å². The molecule has 0 aliphatic heterocycles. The number of hydrogen-bond acceptors (Lipinski definition) is 2. The lowest BCUT2D eigenvalue weighted by Crippen LogP contribution is -2.10. The topological polar surface area (TPSA) is 60.2 Å². The third kappa shape index (κ3) is 2.58. The molecule has 3 rings (SSSR count). The summed E-state index contributed by atoms with van der Waals surface area (Å²) in [6.45, 7) is 0. The van der Waals surface area contributed by atoms with Crippen molar-refractivity contribution >= 4 is 23.0 Å². The number of hydrogen-bond donors (Lipinski definition) is 1. The van der Waals surface area contributed by atoms with Gasteiger partial charge in [0.2, 0.25) is 5.91 Å². The van der Waals surface area contributed by atoms with Gasteiger partial charge in [-0.15, -0.1) is 6.42 Å². The van der Waals surface area contributed by atoms with Crippen LogP contribution in [0.4, 0.5) is 0 Å². The van der Waals surface area contributed by atoms with Crippen LogP contribution in [-0.2, 0) is 0 Å². The van der Waals surface area contributed by atoms with Crippen LogP contribution in [0.15, 0.2) is 54.6 Å². The smallest absolute Gasteiger partial charge is 0.248 e. The van der Waals surface area contributed by atoms with Crippen molar-refractivity contribution in [3.63, 3.8) is 0 Å². The van der Waals surface area contributed by atoms with E-state index in [1.807, 2.05) is 30.3 Å². The monoisotopic (exact) mass is 299 g/mol. The number of carbonyl (C=O) groups is 2. The van der Waals surface area contributed by atoms with Crippen LogP contribution in [0.1, 0.15) is 26.3 Å². The Morgan fingerprint density at radius 3 is 2.52 bits per heavy atom. The van der Waals surface area contributed by atoms with Gasteiger partial charge in [-0.25, -0.2) is 0 Å². The molecule has 0 aromatic heterocycles. The third-order valence-corrected chi connectivity index (χ3v) is 3.82. The first-order valence-corrected chi connectivity index (χ1v) is 7.03. The van der Waals surface area contributed by atoms with Gasteiger partial charge in [-0.05, 0) is 46.2 Å². The number of primary amides is 1. The molecule has 0 bridgehead atoms. The zero-order chi connectivity index (χ0) is 16.4. The van der Waals surface area contributed by atoms with Crippen LogP contribution in [0, 0.1) is 12.3 Å². The number of terminal acetylenes is 1. The highest BCUT2D eigenvalue weighted by atomic mass is 16.1. The Kier molecular flexibility index (Phi) is 3.66. The van der Waals surface area contributed by atoms with Crippen LogP contribution in [-0.4, -0.2) is 12.2 Å². The van der Waals surface area contributed by atoms with Gasteiger partial charge in [0.1, 0.15) is 0 Å². The highest BCUT2D eigenvalue weighted by Crippen LogP contribution is 2.28. The molecule has 0 spiro atoms. The van der Waals surface area contributed by atoms with Crippen molar-refractivity contribution < 1.29 is 9.59 Å². The van der Waals surface area contributed by atoms with Crippen molar-refractivity contribution in [2.75, 3.05) is 0 Å².